The number of piperazine rings is 1. The Kier molecular flexibility index (Phi) is 9.56. The van der Waals surface area contributed by atoms with Crippen molar-refractivity contribution in [3.63, 3.8) is 0 Å². The third-order valence-electron chi connectivity index (χ3n) is 6.24. The van der Waals surface area contributed by atoms with Crippen molar-refractivity contribution in [1.29, 1.82) is 0 Å². The second kappa shape index (κ2) is 13.3. The summed E-state index contributed by atoms with van der Waals surface area (Å²) in [6, 6.07) is 21.8. The average Bonchev–Trinajstić information content (AvgIpc) is 2.94. The van der Waals surface area contributed by atoms with Gasteiger partial charge in [-0.05, 0) is 73.2 Å². The molecule has 1 fully saturated rings. The van der Waals surface area contributed by atoms with Gasteiger partial charge < -0.3 is 19.9 Å². The van der Waals surface area contributed by atoms with Crippen LogP contribution in [0.15, 0.2) is 72.8 Å². The standard InChI is InChI=1S/C29H31ClN4O3S/c1-2-3-19-37-24-12-9-21(10-13-24)27(35)32-29(38)31-23-11-14-26(25(30)20-23)33-15-17-34(18-16-33)28(36)22-7-5-4-6-8-22/h4-14,20H,2-3,15-19H2,1H3,(H2,31,32,35,38). The van der Waals surface area contributed by atoms with Gasteiger partial charge in [0.2, 0.25) is 0 Å². The fourth-order valence-electron chi connectivity index (χ4n) is 4.13. The van der Waals surface area contributed by atoms with Crippen LogP contribution in [0.1, 0.15) is 40.5 Å². The molecule has 4 rings (SSSR count). The summed E-state index contributed by atoms with van der Waals surface area (Å²) < 4.78 is 5.64. The monoisotopic (exact) mass is 550 g/mol. The van der Waals surface area contributed by atoms with Crippen molar-refractivity contribution < 1.29 is 14.3 Å². The SMILES string of the molecule is CCCCOc1ccc(C(=O)NC(=S)Nc2ccc(N3CCN(C(=O)c4ccccc4)CC3)c(Cl)c2)cc1. The molecule has 9 heteroatoms. The Hall–Kier alpha value is -3.62. The Bertz CT molecular complexity index is 1260. The van der Waals surface area contributed by atoms with Gasteiger partial charge in [-0.1, -0.05) is 43.1 Å². The molecule has 198 valence electrons. The Balaban J connectivity index is 1.28. The quantitative estimate of drug-likeness (QED) is 0.281. The van der Waals surface area contributed by atoms with Gasteiger partial charge >= 0.3 is 0 Å². The predicted molar refractivity (Wildman–Crippen MR) is 157 cm³/mol. The van der Waals surface area contributed by atoms with E-state index in [1.807, 2.05) is 47.4 Å². The van der Waals surface area contributed by atoms with E-state index >= 15 is 0 Å². The maximum atomic E-state index is 12.7. The lowest BCUT2D eigenvalue weighted by Gasteiger charge is -2.36. The molecule has 38 heavy (non-hydrogen) atoms. The second-order valence-corrected chi connectivity index (χ2v) is 9.76. The number of benzene rings is 3. The Labute approximate surface area is 233 Å². The van der Waals surface area contributed by atoms with Crippen LogP contribution < -0.4 is 20.3 Å². The van der Waals surface area contributed by atoms with Crippen molar-refractivity contribution in [3.05, 3.63) is 88.9 Å². The number of thiocarbonyl (C=S) groups is 1. The van der Waals surface area contributed by atoms with Crippen LogP contribution in [0.2, 0.25) is 5.02 Å². The minimum absolute atomic E-state index is 0.0442. The van der Waals surface area contributed by atoms with Gasteiger partial charge in [0.25, 0.3) is 11.8 Å². The number of hydrogen-bond acceptors (Lipinski definition) is 5. The first kappa shape index (κ1) is 27.4. The first-order valence-electron chi connectivity index (χ1n) is 12.7. The van der Waals surface area contributed by atoms with Crippen LogP contribution in [0.4, 0.5) is 11.4 Å². The molecule has 0 aliphatic carbocycles. The lowest BCUT2D eigenvalue weighted by Crippen LogP contribution is -2.48. The summed E-state index contributed by atoms with van der Waals surface area (Å²) >= 11 is 11.9. The molecule has 0 unspecified atom stereocenters. The summed E-state index contributed by atoms with van der Waals surface area (Å²) in [6.45, 7) is 5.36. The average molecular weight is 551 g/mol. The number of carbonyl (C=O) groups is 2. The van der Waals surface area contributed by atoms with E-state index in [0.717, 1.165) is 24.3 Å². The van der Waals surface area contributed by atoms with Crippen LogP contribution in [0.5, 0.6) is 5.75 Å². The summed E-state index contributed by atoms with van der Waals surface area (Å²) in [4.78, 5) is 29.3. The van der Waals surface area contributed by atoms with E-state index < -0.39 is 0 Å². The molecule has 1 aliphatic heterocycles. The largest absolute Gasteiger partial charge is 0.494 e. The summed E-state index contributed by atoms with van der Waals surface area (Å²) in [6.07, 6.45) is 2.05. The fraction of sp³-hybridized carbons (Fsp3) is 0.276. The van der Waals surface area contributed by atoms with Gasteiger partial charge in [0.05, 0.1) is 17.3 Å². The van der Waals surface area contributed by atoms with Crippen LogP contribution in [-0.4, -0.2) is 54.6 Å². The molecule has 2 N–H and O–H groups in total. The lowest BCUT2D eigenvalue weighted by molar-refractivity contribution is 0.0746. The zero-order valence-corrected chi connectivity index (χ0v) is 22.9. The highest BCUT2D eigenvalue weighted by Gasteiger charge is 2.23. The number of amides is 2. The number of anilines is 2. The molecule has 0 atom stereocenters. The fourth-order valence-corrected chi connectivity index (χ4v) is 4.64. The molecule has 7 nitrogen and oxygen atoms in total. The smallest absolute Gasteiger partial charge is 0.257 e. The lowest BCUT2D eigenvalue weighted by atomic mass is 10.1. The second-order valence-electron chi connectivity index (χ2n) is 8.95. The number of rotatable bonds is 8. The van der Waals surface area contributed by atoms with E-state index in [1.54, 1.807) is 30.3 Å². The molecule has 0 spiro atoms. The van der Waals surface area contributed by atoms with Gasteiger partial charge in [-0.3, -0.25) is 14.9 Å². The Morgan fingerprint density at radius 2 is 1.66 bits per heavy atom. The summed E-state index contributed by atoms with van der Waals surface area (Å²) in [5.41, 5.74) is 2.74. The maximum absolute atomic E-state index is 12.7. The summed E-state index contributed by atoms with van der Waals surface area (Å²) in [5.74, 6) is 0.464. The van der Waals surface area contributed by atoms with Crippen LogP contribution in [-0.2, 0) is 0 Å². The summed E-state index contributed by atoms with van der Waals surface area (Å²) in [7, 11) is 0. The molecule has 1 heterocycles. The minimum atomic E-state index is -0.312. The zero-order valence-electron chi connectivity index (χ0n) is 21.3. The number of hydrogen-bond donors (Lipinski definition) is 2. The van der Waals surface area contributed by atoms with E-state index in [0.29, 0.717) is 54.6 Å². The van der Waals surface area contributed by atoms with Gasteiger partial charge in [-0.15, -0.1) is 0 Å². The summed E-state index contributed by atoms with van der Waals surface area (Å²) in [5, 5.41) is 6.45. The van der Waals surface area contributed by atoms with Crippen molar-refractivity contribution in [2.75, 3.05) is 43.0 Å². The number of halogens is 1. The topological polar surface area (TPSA) is 73.9 Å². The van der Waals surface area contributed by atoms with Gasteiger partial charge in [0.15, 0.2) is 5.11 Å². The van der Waals surface area contributed by atoms with E-state index in [2.05, 4.69) is 22.5 Å². The van der Waals surface area contributed by atoms with Crippen LogP contribution >= 0.6 is 23.8 Å². The Morgan fingerprint density at radius 1 is 0.947 bits per heavy atom. The van der Waals surface area contributed by atoms with Gasteiger partial charge in [0.1, 0.15) is 5.75 Å². The van der Waals surface area contributed by atoms with E-state index in [-0.39, 0.29) is 16.9 Å². The minimum Gasteiger partial charge on any atom is -0.494 e. The molecule has 0 bridgehead atoms. The van der Waals surface area contributed by atoms with Crippen molar-refractivity contribution in [2.45, 2.75) is 19.8 Å². The third kappa shape index (κ3) is 7.24. The first-order chi connectivity index (χ1) is 18.4. The molecule has 2 amide bonds. The molecule has 3 aromatic rings. The van der Waals surface area contributed by atoms with Gasteiger partial charge in [0, 0.05) is 43.0 Å². The molecule has 1 saturated heterocycles. The van der Waals surface area contributed by atoms with Crippen LogP contribution in [0.25, 0.3) is 0 Å². The van der Waals surface area contributed by atoms with E-state index in [9.17, 15) is 9.59 Å². The molecule has 1 aliphatic rings. The van der Waals surface area contributed by atoms with E-state index in [4.69, 9.17) is 28.6 Å². The van der Waals surface area contributed by atoms with Crippen molar-refractivity contribution >= 4 is 52.1 Å². The third-order valence-corrected chi connectivity index (χ3v) is 6.75. The highest BCUT2D eigenvalue weighted by molar-refractivity contribution is 7.80. The first-order valence-corrected chi connectivity index (χ1v) is 13.5. The van der Waals surface area contributed by atoms with Crippen molar-refractivity contribution in [3.8, 4) is 5.75 Å². The Morgan fingerprint density at radius 3 is 2.32 bits per heavy atom. The number of nitrogens with one attached hydrogen (secondary N) is 2. The van der Waals surface area contributed by atoms with Crippen molar-refractivity contribution in [1.82, 2.24) is 10.2 Å². The van der Waals surface area contributed by atoms with Gasteiger partial charge in [-0.25, -0.2) is 0 Å². The van der Waals surface area contributed by atoms with Crippen LogP contribution in [0, 0.1) is 0 Å². The molecular weight excluding hydrogens is 520 g/mol. The number of ether oxygens (including phenoxy) is 1. The number of carbonyl (C=O) groups excluding carboxylic acids is 2. The normalized spacial score (nSPS) is 13.1. The molecule has 0 saturated carbocycles. The predicted octanol–water partition coefficient (Wildman–Crippen LogP) is 5.61. The molecule has 3 aromatic carbocycles. The van der Waals surface area contributed by atoms with Gasteiger partial charge in [-0.2, -0.15) is 0 Å². The molecular formula is C29H31ClN4O3S. The molecule has 0 aromatic heterocycles. The number of unbranched alkanes of at least 4 members (excludes halogenated alkanes) is 1. The highest BCUT2D eigenvalue weighted by atomic mass is 35.5. The maximum Gasteiger partial charge on any atom is 0.257 e. The molecule has 0 radical (unpaired) electrons. The van der Waals surface area contributed by atoms with Crippen molar-refractivity contribution in [2.24, 2.45) is 0 Å². The number of nitrogens with zero attached hydrogens (tertiary/aromatic N) is 2. The highest BCUT2D eigenvalue weighted by Crippen LogP contribution is 2.30. The van der Waals surface area contributed by atoms with Crippen LogP contribution in [0.3, 0.4) is 0 Å². The van der Waals surface area contributed by atoms with E-state index in [1.165, 1.54) is 0 Å². The zero-order chi connectivity index (χ0) is 26.9.